The number of fused-ring (bicyclic) bond motifs is 2. The monoisotopic (exact) mass is 348 g/mol. The highest BCUT2D eigenvalue weighted by atomic mass is 19.4. The van der Waals surface area contributed by atoms with Crippen LogP contribution in [0.2, 0.25) is 0 Å². The molecule has 0 radical (unpaired) electrons. The van der Waals surface area contributed by atoms with Crippen molar-refractivity contribution >= 4 is 5.78 Å². The average Bonchev–Trinajstić information content (AvgIpc) is 2.95. The van der Waals surface area contributed by atoms with Gasteiger partial charge in [0.15, 0.2) is 11.6 Å². The Morgan fingerprint density at radius 3 is 2.20 bits per heavy atom. The highest BCUT2D eigenvalue weighted by molar-refractivity contribution is 5.85. The maximum Gasteiger partial charge on any atom is 0.416 e. The summed E-state index contributed by atoms with van der Waals surface area (Å²) in [4.78, 5) is 12.3. The van der Waals surface area contributed by atoms with Crippen molar-refractivity contribution in [1.29, 1.82) is 0 Å². The Labute approximate surface area is 142 Å². The van der Waals surface area contributed by atoms with E-state index in [0.29, 0.717) is 18.4 Å². The summed E-state index contributed by atoms with van der Waals surface area (Å²) in [6.07, 6.45) is -5.20. The third-order valence-corrected chi connectivity index (χ3v) is 4.71. The predicted molar refractivity (Wildman–Crippen MR) is 82.5 cm³/mol. The molecule has 0 spiro atoms. The van der Waals surface area contributed by atoms with Crippen LogP contribution in [0.3, 0.4) is 0 Å². The third kappa shape index (κ3) is 2.75. The van der Waals surface area contributed by atoms with E-state index in [1.54, 1.807) is 0 Å². The first kappa shape index (κ1) is 16.3. The Kier molecular flexibility index (Phi) is 3.70. The minimum Gasteiger partial charge on any atom is -0.335 e. The van der Waals surface area contributed by atoms with Gasteiger partial charge in [0.05, 0.1) is 5.56 Å². The van der Waals surface area contributed by atoms with Crippen LogP contribution in [0.25, 0.3) is 0 Å². The highest BCUT2D eigenvalue weighted by Crippen LogP contribution is 2.50. The van der Waals surface area contributed by atoms with Crippen molar-refractivity contribution < 1.29 is 27.4 Å². The van der Waals surface area contributed by atoms with Crippen LogP contribution >= 0.6 is 0 Å². The molecule has 2 saturated heterocycles. The van der Waals surface area contributed by atoms with Crippen LogP contribution in [0.15, 0.2) is 54.6 Å². The third-order valence-electron chi connectivity index (χ3n) is 4.71. The zero-order chi connectivity index (χ0) is 17.7. The zero-order valence-corrected chi connectivity index (χ0v) is 13.1. The lowest BCUT2D eigenvalue weighted by Gasteiger charge is -2.31. The molecule has 2 heterocycles. The van der Waals surface area contributed by atoms with Gasteiger partial charge in [-0.2, -0.15) is 13.2 Å². The zero-order valence-electron chi connectivity index (χ0n) is 13.1. The van der Waals surface area contributed by atoms with E-state index in [-0.39, 0.29) is 5.78 Å². The molecule has 2 aliphatic rings. The van der Waals surface area contributed by atoms with E-state index in [9.17, 15) is 18.0 Å². The van der Waals surface area contributed by atoms with Gasteiger partial charge in [-0.25, -0.2) is 0 Å². The van der Waals surface area contributed by atoms with Crippen LogP contribution in [0, 0.1) is 0 Å². The fourth-order valence-electron chi connectivity index (χ4n) is 3.42. The summed E-state index contributed by atoms with van der Waals surface area (Å²) in [6, 6.07) is 14.0. The minimum atomic E-state index is -4.40. The van der Waals surface area contributed by atoms with E-state index in [1.165, 1.54) is 12.1 Å². The molecular weight excluding hydrogens is 333 g/mol. The number of carbonyl (C=O) groups is 1. The number of ether oxygens (including phenoxy) is 2. The van der Waals surface area contributed by atoms with Gasteiger partial charge in [-0.1, -0.05) is 42.5 Å². The molecule has 0 N–H and O–H groups in total. The summed E-state index contributed by atoms with van der Waals surface area (Å²) in [6.45, 7) is 0. The van der Waals surface area contributed by atoms with Crippen molar-refractivity contribution in [2.75, 3.05) is 0 Å². The molecule has 2 aromatic carbocycles. The molecule has 0 aromatic heterocycles. The van der Waals surface area contributed by atoms with Crippen molar-refractivity contribution in [3.63, 3.8) is 0 Å². The summed E-state index contributed by atoms with van der Waals surface area (Å²) in [7, 11) is 0. The van der Waals surface area contributed by atoms with Gasteiger partial charge in [-0.15, -0.1) is 0 Å². The van der Waals surface area contributed by atoms with Crippen molar-refractivity contribution in [2.45, 2.75) is 37.0 Å². The van der Waals surface area contributed by atoms with Crippen LogP contribution in [-0.2, 0) is 26.2 Å². The van der Waals surface area contributed by atoms with E-state index in [0.717, 1.165) is 17.7 Å². The van der Waals surface area contributed by atoms with Gasteiger partial charge in [0, 0.05) is 18.4 Å². The Morgan fingerprint density at radius 1 is 0.920 bits per heavy atom. The minimum absolute atomic E-state index is 0.0889. The molecule has 0 amide bonds. The van der Waals surface area contributed by atoms with Gasteiger partial charge in [-0.05, 0) is 17.7 Å². The molecule has 2 bridgehead atoms. The summed E-state index contributed by atoms with van der Waals surface area (Å²) < 4.78 is 50.3. The van der Waals surface area contributed by atoms with Crippen molar-refractivity contribution in [3.05, 3.63) is 71.3 Å². The predicted octanol–water partition coefficient (Wildman–Crippen LogP) is 4.38. The average molecular weight is 348 g/mol. The molecule has 0 saturated carbocycles. The number of alkyl halides is 3. The fourth-order valence-corrected chi connectivity index (χ4v) is 3.42. The summed E-state index contributed by atoms with van der Waals surface area (Å²) >= 11 is 0. The number of hydrogen-bond donors (Lipinski definition) is 0. The van der Waals surface area contributed by atoms with Crippen molar-refractivity contribution in [1.82, 2.24) is 0 Å². The van der Waals surface area contributed by atoms with Crippen molar-refractivity contribution in [3.8, 4) is 0 Å². The molecular formula is C19H15F3O3. The van der Waals surface area contributed by atoms with Crippen molar-refractivity contribution in [2.24, 2.45) is 0 Å². The van der Waals surface area contributed by atoms with E-state index in [4.69, 9.17) is 9.47 Å². The second kappa shape index (κ2) is 5.68. The maximum absolute atomic E-state index is 12.7. The molecule has 130 valence electrons. The lowest BCUT2D eigenvalue weighted by Crippen LogP contribution is -2.36. The van der Waals surface area contributed by atoms with E-state index >= 15 is 0 Å². The Hall–Kier alpha value is -2.18. The molecule has 0 aliphatic carbocycles. The van der Waals surface area contributed by atoms with Gasteiger partial charge in [-0.3, -0.25) is 4.79 Å². The first-order valence-electron chi connectivity index (χ1n) is 8.00. The summed E-state index contributed by atoms with van der Waals surface area (Å²) in [5.74, 6) is -1.11. The van der Waals surface area contributed by atoms with Gasteiger partial charge in [0.2, 0.25) is 0 Å². The van der Waals surface area contributed by atoms with Crippen LogP contribution in [0.4, 0.5) is 13.2 Å². The summed E-state index contributed by atoms with van der Waals surface area (Å²) in [5, 5.41) is 0. The second-order valence-corrected chi connectivity index (χ2v) is 6.28. The Morgan fingerprint density at radius 2 is 1.56 bits per heavy atom. The van der Waals surface area contributed by atoms with E-state index in [1.807, 2.05) is 30.3 Å². The highest BCUT2D eigenvalue weighted by Gasteiger charge is 2.55. The molecule has 2 aromatic rings. The van der Waals surface area contributed by atoms with Crippen LogP contribution < -0.4 is 0 Å². The van der Waals surface area contributed by atoms with E-state index < -0.39 is 29.7 Å². The smallest absolute Gasteiger partial charge is 0.335 e. The van der Waals surface area contributed by atoms with Gasteiger partial charge < -0.3 is 9.47 Å². The number of rotatable bonds is 2. The largest absolute Gasteiger partial charge is 0.416 e. The Balaban J connectivity index is 1.68. The first-order valence-corrected chi connectivity index (χ1v) is 8.00. The number of Topliss-reactive ketones (excluding diaryl/α,β-unsaturated/α-hetero) is 1. The van der Waals surface area contributed by atoms with Gasteiger partial charge in [0.1, 0.15) is 12.2 Å². The second-order valence-electron chi connectivity index (χ2n) is 6.28. The SMILES string of the molecule is O=C1CC[C@@]2(c3ccccc3)O[C@@H]1[C@H](c1ccc(C(F)(F)F)cc1)O2. The van der Waals surface area contributed by atoms with Gasteiger partial charge in [0.25, 0.3) is 0 Å². The molecule has 0 unspecified atom stereocenters. The van der Waals surface area contributed by atoms with Crippen LogP contribution in [0.5, 0.6) is 0 Å². The number of ketones is 1. The molecule has 2 aliphatic heterocycles. The normalized spacial score (nSPS) is 29.0. The Bertz CT molecular complexity index is 786. The number of carbonyl (C=O) groups excluding carboxylic acids is 1. The molecule has 2 fully saturated rings. The number of benzene rings is 2. The molecule has 3 nitrogen and oxygen atoms in total. The number of hydrogen-bond acceptors (Lipinski definition) is 3. The molecule has 4 rings (SSSR count). The first-order chi connectivity index (χ1) is 11.9. The summed E-state index contributed by atoms with van der Waals surface area (Å²) in [5.41, 5.74) is 0.579. The lowest BCUT2D eigenvalue weighted by atomic mass is 9.94. The number of halogens is 3. The van der Waals surface area contributed by atoms with Crippen LogP contribution in [0.1, 0.15) is 35.6 Å². The molecule has 25 heavy (non-hydrogen) atoms. The maximum atomic E-state index is 12.7. The quantitative estimate of drug-likeness (QED) is 0.808. The van der Waals surface area contributed by atoms with Crippen LogP contribution in [-0.4, -0.2) is 11.9 Å². The van der Waals surface area contributed by atoms with E-state index in [2.05, 4.69) is 0 Å². The molecule has 6 heteroatoms. The standard InChI is InChI=1S/C19H15F3O3/c20-19(21,22)14-8-6-12(7-9-14)16-17-15(23)10-11-18(24-16,25-17)13-4-2-1-3-5-13/h1-9,16-17H,10-11H2/t16-,17-,18-/m0/s1. The topological polar surface area (TPSA) is 35.5 Å². The lowest BCUT2D eigenvalue weighted by molar-refractivity contribution is -0.202. The fraction of sp³-hybridized carbons (Fsp3) is 0.316. The molecule has 3 atom stereocenters. The van der Waals surface area contributed by atoms with Gasteiger partial charge >= 0.3 is 6.18 Å².